The summed E-state index contributed by atoms with van der Waals surface area (Å²) >= 11 is 1.79. The van der Waals surface area contributed by atoms with Crippen molar-refractivity contribution in [1.82, 2.24) is 9.88 Å². The van der Waals surface area contributed by atoms with E-state index in [1.807, 2.05) is 12.3 Å². The number of aromatic nitrogens is 1. The highest BCUT2D eigenvalue weighted by molar-refractivity contribution is 7.15. The van der Waals surface area contributed by atoms with Crippen LogP contribution in [0.5, 0.6) is 0 Å². The lowest BCUT2D eigenvalue weighted by Crippen LogP contribution is -2.40. The molecular weight excluding hydrogens is 280 g/mol. The van der Waals surface area contributed by atoms with Crippen LogP contribution in [0.2, 0.25) is 0 Å². The predicted molar refractivity (Wildman–Crippen MR) is 87.2 cm³/mol. The van der Waals surface area contributed by atoms with E-state index >= 15 is 0 Å². The van der Waals surface area contributed by atoms with Crippen LogP contribution in [0.4, 0.5) is 0 Å². The van der Waals surface area contributed by atoms with Crippen LogP contribution in [0, 0.1) is 5.92 Å². The third-order valence-corrected chi connectivity index (χ3v) is 5.34. The Morgan fingerprint density at radius 2 is 2.14 bits per heavy atom. The standard InChI is InChI=1S/C17H22N2OS/c1-13-9-14(12-20)7-8-19(13)11-16-10-18-17(21-16)15-5-3-2-4-6-15/h2-6,10,13-14,20H,7-9,11-12H2,1H3/t13-,14-/m0/s1. The van der Waals surface area contributed by atoms with Crippen molar-refractivity contribution < 1.29 is 5.11 Å². The Hall–Kier alpha value is -1.23. The lowest BCUT2D eigenvalue weighted by atomic mass is 9.92. The molecule has 3 rings (SSSR count). The predicted octanol–water partition coefficient (Wildman–Crippen LogP) is 3.40. The lowest BCUT2D eigenvalue weighted by molar-refractivity contribution is 0.0846. The van der Waals surface area contributed by atoms with Gasteiger partial charge in [0, 0.05) is 35.8 Å². The number of benzene rings is 1. The number of aliphatic hydroxyl groups is 1. The minimum atomic E-state index is 0.330. The molecule has 0 aliphatic carbocycles. The first-order valence-corrected chi connectivity index (χ1v) is 8.43. The fraction of sp³-hybridized carbons (Fsp3) is 0.471. The molecule has 1 aliphatic heterocycles. The van der Waals surface area contributed by atoms with E-state index in [2.05, 4.69) is 41.1 Å². The minimum Gasteiger partial charge on any atom is -0.396 e. The van der Waals surface area contributed by atoms with Gasteiger partial charge >= 0.3 is 0 Å². The van der Waals surface area contributed by atoms with Crippen molar-refractivity contribution in [3.05, 3.63) is 41.4 Å². The Morgan fingerprint density at radius 3 is 2.86 bits per heavy atom. The molecule has 112 valence electrons. The van der Waals surface area contributed by atoms with E-state index in [1.165, 1.54) is 10.4 Å². The average molecular weight is 302 g/mol. The van der Waals surface area contributed by atoms with Crippen LogP contribution in [0.15, 0.2) is 36.5 Å². The summed E-state index contributed by atoms with van der Waals surface area (Å²) in [7, 11) is 0. The maximum Gasteiger partial charge on any atom is 0.123 e. The van der Waals surface area contributed by atoms with Gasteiger partial charge in [-0.2, -0.15) is 0 Å². The molecule has 21 heavy (non-hydrogen) atoms. The molecule has 0 radical (unpaired) electrons. The molecule has 1 N–H and O–H groups in total. The van der Waals surface area contributed by atoms with Gasteiger partial charge in [0.05, 0.1) is 0 Å². The third kappa shape index (κ3) is 3.51. The van der Waals surface area contributed by atoms with E-state index in [4.69, 9.17) is 0 Å². The van der Waals surface area contributed by atoms with Gasteiger partial charge in [-0.25, -0.2) is 4.98 Å². The number of aliphatic hydroxyl groups excluding tert-OH is 1. The third-order valence-electron chi connectivity index (χ3n) is 4.31. The highest BCUT2D eigenvalue weighted by Gasteiger charge is 2.25. The summed E-state index contributed by atoms with van der Waals surface area (Å²) < 4.78 is 0. The van der Waals surface area contributed by atoms with Gasteiger partial charge < -0.3 is 5.11 Å². The SMILES string of the molecule is C[C@H]1C[C@@H](CO)CCN1Cc1cnc(-c2ccccc2)s1. The number of piperidine rings is 1. The fourth-order valence-electron chi connectivity index (χ4n) is 3.01. The molecule has 3 nitrogen and oxygen atoms in total. The van der Waals surface area contributed by atoms with Gasteiger partial charge in [0.2, 0.25) is 0 Å². The quantitative estimate of drug-likeness (QED) is 0.940. The zero-order valence-electron chi connectivity index (χ0n) is 12.4. The summed E-state index contributed by atoms with van der Waals surface area (Å²) in [5.74, 6) is 0.484. The molecule has 0 bridgehead atoms. The molecule has 1 aromatic heterocycles. The van der Waals surface area contributed by atoms with E-state index < -0.39 is 0 Å². The number of hydrogen-bond donors (Lipinski definition) is 1. The van der Waals surface area contributed by atoms with Gasteiger partial charge in [-0.05, 0) is 32.2 Å². The van der Waals surface area contributed by atoms with E-state index in [-0.39, 0.29) is 0 Å². The van der Waals surface area contributed by atoms with Crippen LogP contribution < -0.4 is 0 Å². The Balaban J connectivity index is 1.65. The monoisotopic (exact) mass is 302 g/mol. The first-order chi connectivity index (χ1) is 10.3. The van der Waals surface area contributed by atoms with Crippen molar-refractivity contribution in [1.29, 1.82) is 0 Å². The molecule has 2 atom stereocenters. The molecule has 0 saturated carbocycles. The number of hydrogen-bond acceptors (Lipinski definition) is 4. The van der Waals surface area contributed by atoms with Gasteiger partial charge in [-0.15, -0.1) is 11.3 Å². The first-order valence-electron chi connectivity index (χ1n) is 7.61. The average Bonchev–Trinajstić information content (AvgIpc) is 2.99. The largest absolute Gasteiger partial charge is 0.396 e. The smallest absolute Gasteiger partial charge is 0.123 e. The first kappa shape index (κ1) is 14.7. The van der Waals surface area contributed by atoms with E-state index in [9.17, 15) is 5.11 Å². The van der Waals surface area contributed by atoms with Gasteiger partial charge in [-0.3, -0.25) is 4.90 Å². The second kappa shape index (κ2) is 6.69. The topological polar surface area (TPSA) is 36.4 Å². The number of nitrogens with zero attached hydrogens (tertiary/aromatic N) is 2. The molecule has 1 saturated heterocycles. The summed E-state index contributed by atoms with van der Waals surface area (Å²) in [6.07, 6.45) is 4.21. The van der Waals surface area contributed by atoms with Crippen molar-refractivity contribution >= 4 is 11.3 Å². The highest BCUT2D eigenvalue weighted by atomic mass is 32.1. The number of thiazole rings is 1. The molecule has 4 heteroatoms. The molecule has 1 fully saturated rings. The van der Waals surface area contributed by atoms with Gasteiger partial charge in [0.25, 0.3) is 0 Å². The maximum atomic E-state index is 9.29. The van der Waals surface area contributed by atoms with Crippen LogP contribution in [0.25, 0.3) is 10.6 Å². The van der Waals surface area contributed by atoms with E-state index in [1.54, 1.807) is 11.3 Å². The Labute approximate surface area is 130 Å². The summed E-state index contributed by atoms with van der Waals surface area (Å²) in [5, 5.41) is 10.4. The highest BCUT2D eigenvalue weighted by Crippen LogP contribution is 2.28. The minimum absolute atomic E-state index is 0.330. The zero-order chi connectivity index (χ0) is 14.7. The fourth-order valence-corrected chi connectivity index (χ4v) is 3.96. The summed E-state index contributed by atoms with van der Waals surface area (Å²) in [6.45, 7) is 4.65. The molecule has 0 amide bonds. The molecule has 1 aliphatic rings. The van der Waals surface area contributed by atoms with Crippen molar-refractivity contribution in [3.63, 3.8) is 0 Å². The van der Waals surface area contributed by atoms with E-state index in [0.717, 1.165) is 30.9 Å². The van der Waals surface area contributed by atoms with Crippen LogP contribution >= 0.6 is 11.3 Å². The molecule has 1 aromatic carbocycles. The summed E-state index contributed by atoms with van der Waals surface area (Å²) in [4.78, 5) is 8.39. The second-order valence-electron chi connectivity index (χ2n) is 5.89. The Bertz CT molecular complexity index is 569. The number of rotatable bonds is 4. The second-order valence-corrected chi connectivity index (χ2v) is 7.01. The van der Waals surface area contributed by atoms with Gasteiger partial charge in [0.1, 0.15) is 5.01 Å². The summed E-state index contributed by atoms with van der Waals surface area (Å²) in [5.41, 5.74) is 1.20. The van der Waals surface area contributed by atoms with Gasteiger partial charge in [-0.1, -0.05) is 30.3 Å². The molecular formula is C17H22N2OS. The van der Waals surface area contributed by atoms with Crippen molar-refractivity contribution in [2.24, 2.45) is 5.92 Å². The van der Waals surface area contributed by atoms with Crippen LogP contribution in [-0.4, -0.2) is 34.2 Å². The van der Waals surface area contributed by atoms with E-state index in [0.29, 0.717) is 18.6 Å². The number of likely N-dealkylation sites (tertiary alicyclic amines) is 1. The van der Waals surface area contributed by atoms with Crippen molar-refractivity contribution in [3.8, 4) is 10.6 Å². The molecule has 0 spiro atoms. The van der Waals surface area contributed by atoms with Crippen LogP contribution in [0.1, 0.15) is 24.6 Å². The van der Waals surface area contributed by atoms with Crippen LogP contribution in [0.3, 0.4) is 0 Å². The zero-order valence-corrected chi connectivity index (χ0v) is 13.2. The summed E-state index contributed by atoms with van der Waals surface area (Å²) in [6, 6.07) is 10.9. The molecule has 2 aromatic rings. The van der Waals surface area contributed by atoms with Gasteiger partial charge in [0.15, 0.2) is 0 Å². The lowest BCUT2D eigenvalue weighted by Gasteiger charge is -2.36. The Morgan fingerprint density at radius 1 is 1.33 bits per heavy atom. The van der Waals surface area contributed by atoms with Crippen LogP contribution in [-0.2, 0) is 6.54 Å². The Kier molecular flexibility index (Phi) is 4.68. The molecule has 0 unspecified atom stereocenters. The maximum absolute atomic E-state index is 9.29. The van der Waals surface area contributed by atoms with Crippen molar-refractivity contribution in [2.75, 3.05) is 13.2 Å². The normalized spacial score (nSPS) is 23.3. The molecule has 2 heterocycles. The van der Waals surface area contributed by atoms with Crippen molar-refractivity contribution in [2.45, 2.75) is 32.4 Å².